The number of amides is 1. The van der Waals surface area contributed by atoms with Crippen molar-refractivity contribution in [2.75, 3.05) is 13.1 Å². The molecule has 7 heteroatoms. The average Bonchev–Trinajstić information content (AvgIpc) is 2.56. The first-order valence-corrected chi connectivity index (χ1v) is 8.34. The fourth-order valence-electron chi connectivity index (χ4n) is 3.20. The molecule has 0 saturated carbocycles. The third-order valence-corrected chi connectivity index (χ3v) is 4.85. The van der Waals surface area contributed by atoms with E-state index in [9.17, 15) is 28.6 Å². The summed E-state index contributed by atoms with van der Waals surface area (Å²) in [7, 11) is 0. The van der Waals surface area contributed by atoms with E-state index in [2.05, 4.69) is 0 Å². The van der Waals surface area contributed by atoms with E-state index in [0.29, 0.717) is 6.42 Å². The highest BCUT2D eigenvalue weighted by molar-refractivity contribution is 5.95. The number of carbonyl (C=O) groups excluding carboxylic acids is 1. The van der Waals surface area contributed by atoms with Crippen LogP contribution >= 0.6 is 0 Å². The van der Waals surface area contributed by atoms with Gasteiger partial charge in [-0.05, 0) is 37.3 Å². The van der Waals surface area contributed by atoms with Crippen molar-refractivity contribution in [2.24, 2.45) is 11.3 Å². The van der Waals surface area contributed by atoms with Crippen molar-refractivity contribution < 1.29 is 28.6 Å². The van der Waals surface area contributed by atoms with Crippen LogP contribution in [-0.4, -0.2) is 46.2 Å². The number of benzene rings is 1. The fourth-order valence-corrected chi connectivity index (χ4v) is 3.20. The fraction of sp³-hybridized carbons (Fsp3) is 0.556. The van der Waals surface area contributed by atoms with Crippen molar-refractivity contribution in [1.29, 1.82) is 0 Å². The van der Waals surface area contributed by atoms with Crippen LogP contribution in [0.2, 0.25) is 0 Å². The number of aliphatic hydroxyl groups is 1. The van der Waals surface area contributed by atoms with Crippen LogP contribution in [-0.2, 0) is 4.79 Å². The van der Waals surface area contributed by atoms with Gasteiger partial charge in [0.1, 0.15) is 5.41 Å². The molecular formula is C18H23F2NO4. The van der Waals surface area contributed by atoms with Crippen LogP contribution in [0.3, 0.4) is 0 Å². The Morgan fingerprint density at radius 2 is 2.04 bits per heavy atom. The minimum atomic E-state index is -1.50. The molecular weight excluding hydrogens is 332 g/mol. The number of nitrogens with zero attached hydrogens (tertiary/aromatic N) is 1. The van der Waals surface area contributed by atoms with Crippen LogP contribution in [0.4, 0.5) is 8.78 Å². The lowest BCUT2D eigenvalue weighted by Gasteiger charge is -2.43. The summed E-state index contributed by atoms with van der Waals surface area (Å²) in [6.07, 6.45) is -0.242. The van der Waals surface area contributed by atoms with Gasteiger partial charge in [0.15, 0.2) is 11.6 Å². The molecule has 138 valence electrons. The first-order chi connectivity index (χ1) is 11.7. The molecule has 0 bridgehead atoms. The maximum atomic E-state index is 13.9. The molecule has 1 amide bonds. The standard InChI is InChI=1S/C18H23F2NO4/c1-11(2)6-8-18(17(24)25)10-21(9-7-14(18)22)16(23)12-4-3-5-13(19)15(12)20/h3-5,11,14,22H,6-10H2,1-2H3,(H,24,25)/t14-,18+/m0/s1. The van der Waals surface area contributed by atoms with Gasteiger partial charge in [-0.1, -0.05) is 19.9 Å². The Balaban J connectivity index is 2.30. The number of carbonyl (C=O) groups is 2. The first-order valence-electron chi connectivity index (χ1n) is 8.34. The molecule has 1 aliphatic heterocycles. The second kappa shape index (κ2) is 7.47. The van der Waals surface area contributed by atoms with Crippen molar-refractivity contribution in [3.05, 3.63) is 35.4 Å². The van der Waals surface area contributed by atoms with Crippen LogP contribution in [0.25, 0.3) is 0 Å². The highest BCUT2D eigenvalue weighted by Gasteiger charge is 2.50. The van der Waals surface area contributed by atoms with Gasteiger partial charge in [0.25, 0.3) is 5.91 Å². The minimum absolute atomic E-state index is 0.0765. The number of aliphatic hydroxyl groups excluding tert-OH is 1. The molecule has 5 nitrogen and oxygen atoms in total. The van der Waals surface area contributed by atoms with Crippen LogP contribution < -0.4 is 0 Å². The third-order valence-electron chi connectivity index (χ3n) is 4.85. The van der Waals surface area contributed by atoms with Gasteiger partial charge in [-0.3, -0.25) is 9.59 Å². The van der Waals surface area contributed by atoms with Crippen LogP contribution in [0.15, 0.2) is 18.2 Å². The van der Waals surface area contributed by atoms with Gasteiger partial charge >= 0.3 is 5.97 Å². The molecule has 1 fully saturated rings. The maximum absolute atomic E-state index is 13.9. The van der Waals surface area contributed by atoms with Crippen molar-refractivity contribution >= 4 is 11.9 Å². The zero-order chi connectivity index (χ0) is 18.8. The molecule has 2 rings (SSSR count). The van der Waals surface area contributed by atoms with E-state index in [0.717, 1.165) is 6.07 Å². The van der Waals surface area contributed by atoms with Crippen molar-refractivity contribution in [1.82, 2.24) is 4.90 Å². The van der Waals surface area contributed by atoms with E-state index in [-0.39, 0.29) is 31.8 Å². The molecule has 25 heavy (non-hydrogen) atoms. The highest BCUT2D eigenvalue weighted by atomic mass is 19.2. The molecule has 2 N–H and O–H groups in total. The van der Waals surface area contributed by atoms with Crippen LogP contribution in [0.1, 0.15) is 43.5 Å². The number of carboxylic acid groups (broad SMARTS) is 1. The number of rotatable bonds is 5. The molecule has 1 aromatic rings. The Kier molecular flexibility index (Phi) is 5.77. The van der Waals surface area contributed by atoms with Crippen molar-refractivity contribution in [3.63, 3.8) is 0 Å². The number of hydrogen-bond acceptors (Lipinski definition) is 3. The zero-order valence-corrected chi connectivity index (χ0v) is 14.3. The van der Waals surface area contributed by atoms with Gasteiger partial charge < -0.3 is 15.1 Å². The summed E-state index contributed by atoms with van der Waals surface area (Å²) in [5, 5.41) is 20.0. The van der Waals surface area contributed by atoms with Gasteiger partial charge in [-0.15, -0.1) is 0 Å². The van der Waals surface area contributed by atoms with E-state index in [4.69, 9.17) is 0 Å². The topological polar surface area (TPSA) is 77.8 Å². The monoisotopic (exact) mass is 355 g/mol. The first kappa shape index (κ1) is 19.3. The third kappa shape index (κ3) is 3.81. The molecule has 1 aromatic carbocycles. The van der Waals surface area contributed by atoms with Gasteiger partial charge in [0, 0.05) is 13.1 Å². The number of piperidine rings is 1. The summed E-state index contributed by atoms with van der Waals surface area (Å²) in [6.45, 7) is 3.74. The van der Waals surface area contributed by atoms with Crippen molar-refractivity contribution in [2.45, 2.75) is 39.2 Å². The predicted molar refractivity (Wildman–Crippen MR) is 87.0 cm³/mol. The molecule has 0 spiro atoms. The SMILES string of the molecule is CC(C)CC[C@@]1(C(=O)O)CN(C(=O)c2cccc(F)c2F)CC[C@@H]1O. The zero-order valence-electron chi connectivity index (χ0n) is 14.3. The number of hydrogen-bond donors (Lipinski definition) is 2. The average molecular weight is 355 g/mol. The van der Waals surface area contributed by atoms with E-state index in [1.807, 2.05) is 13.8 Å². The van der Waals surface area contributed by atoms with Crippen molar-refractivity contribution in [3.8, 4) is 0 Å². The second-order valence-corrected chi connectivity index (χ2v) is 7.03. The Morgan fingerprint density at radius 1 is 1.36 bits per heavy atom. The number of aliphatic carboxylic acids is 1. The molecule has 1 aliphatic rings. The summed E-state index contributed by atoms with van der Waals surface area (Å²) in [5.74, 6) is -4.10. The Hall–Kier alpha value is -2.02. The van der Waals surface area contributed by atoms with Gasteiger partial charge in [-0.25, -0.2) is 8.78 Å². The van der Waals surface area contributed by atoms with E-state index >= 15 is 0 Å². The van der Waals surface area contributed by atoms with E-state index < -0.39 is 40.6 Å². The van der Waals surface area contributed by atoms with Gasteiger partial charge in [0.2, 0.25) is 0 Å². The summed E-state index contributed by atoms with van der Waals surface area (Å²) < 4.78 is 27.3. The molecule has 1 heterocycles. The molecule has 0 unspecified atom stereocenters. The van der Waals surface area contributed by atoms with Crippen LogP contribution in [0.5, 0.6) is 0 Å². The normalized spacial score (nSPS) is 23.8. The lowest BCUT2D eigenvalue weighted by Crippen LogP contribution is -2.57. The summed E-state index contributed by atoms with van der Waals surface area (Å²) in [6, 6.07) is 3.31. The Bertz CT molecular complexity index is 664. The van der Waals surface area contributed by atoms with Gasteiger partial charge in [0.05, 0.1) is 11.7 Å². The summed E-state index contributed by atoms with van der Waals surface area (Å²) >= 11 is 0. The number of halogens is 2. The predicted octanol–water partition coefficient (Wildman–Crippen LogP) is 2.68. The lowest BCUT2D eigenvalue weighted by molar-refractivity contribution is -0.163. The number of likely N-dealkylation sites (tertiary alicyclic amines) is 1. The second-order valence-electron chi connectivity index (χ2n) is 7.03. The summed E-state index contributed by atoms with van der Waals surface area (Å²) in [5.41, 5.74) is -1.93. The quantitative estimate of drug-likeness (QED) is 0.851. The molecule has 0 aromatic heterocycles. The Morgan fingerprint density at radius 3 is 2.64 bits per heavy atom. The van der Waals surface area contributed by atoms with Gasteiger partial charge in [-0.2, -0.15) is 0 Å². The Labute approximate surface area is 145 Å². The van der Waals surface area contributed by atoms with E-state index in [1.54, 1.807) is 0 Å². The minimum Gasteiger partial charge on any atom is -0.481 e. The maximum Gasteiger partial charge on any atom is 0.314 e. The summed E-state index contributed by atoms with van der Waals surface area (Å²) in [4.78, 5) is 25.7. The highest BCUT2D eigenvalue weighted by Crippen LogP contribution is 2.37. The molecule has 1 saturated heterocycles. The molecule has 2 atom stereocenters. The van der Waals surface area contributed by atoms with E-state index in [1.165, 1.54) is 17.0 Å². The lowest BCUT2D eigenvalue weighted by atomic mass is 9.72. The molecule has 0 aliphatic carbocycles. The number of carboxylic acids is 1. The van der Waals surface area contributed by atoms with Crippen LogP contribution in [0, 0.1) is 23.0 Å². The smallest absolute Gasteiger partial charge is 0.314 e. The largest absolute Gasteiger partial charge is 0.481 e. The molecule has 0 radical (unpaired) electrons.